The van der Waals surface area contributed by atoms with Crippen molar-refractivity contribution in [2.75, 3.05) is 0 Å². The normalized spacial score (nSPS) is 11.3. The van der Waals surface area contributed by atoms with Crippen LogP contribution < -0.4 is 0 Å². The van der Waals surface area contributed by atoms with Crippen LogP contribution in [-0.4, -0.2) is 14.8 Å². The fourth-order valence-corrected chi connectivity index (χ4v) is 1.99. The Balaban J connectivity index is 1.65. The lowest BCUT2D eigenvalue weighted by Crippen LogP contribution is -1.85. The molecule has 3 aromatic rings. The molecule has 0 atom stereocenters. The molecule has 0 radical (unpaired) electrons. The van der Waals surface area contributed by atoms with E-state index in [0.29, 0.717) is 23.0 Å². The van der Waals surface area contributed by atoms with Gasteiger partial charge in [-0.1, -0.05) is 0 Å². The van der Waals surface area contributed by atoms with E-state index in [0.717, 1.165) is 0 Å². The number of non-ortho nitro benzene ring substituents is 2. The first-order valence-corrected chi connectivity index (χ1v) is 7.53. The van der Waals surface area contributed by atoms with Gasteiger partial charge in [0.25, 0.3) is 11.4 Å². The second kappa shape index (κ2) is 7.74. The predicted octanol–water partition coefficient (Wildman–Crippen LogP) is 5.66. The fourth-order valence-electron chi connectivity index (χ4n) is 1.99. The van der Waals surface area contributed by atoms with Gasteiger partial charge in [0.15, 0.2) is 11.6 Å². The maximum Gasteiger partial charge on any atom is 0.269 e. The highest BCUT2D eigenvalue weighted by Crippen LogP contribution is 2.24. The van der Waals surface area contributed by atoms with Gasteiger partial charge in [-0.05, 0) is 36.4 Å². The van der Waals surface area contributed by atoms with Crippen molar-refractivity contribution in [3.63, 3.8) is 0 Å². The van der Waals surface area contributed by atoms with Crippen molar-refractivity contribution >= 4 is 34.4 Å². The number of nitrogens with one attached hydrogen (secondary N) is 1. The highest BCUT2D eigenvalue weighted by molar-refractivity contribution is 5.46. The van der Waals surface area contributed by atoms with E-state index in [2.05, 4.69) is 25.4 Å². The molecule has 27 heavy (non-hydrogen) atoms. The van der Waals surface area contributed by atoms with Crippen LogP contribution in [0, 0.1) is 20.2 Å². The molecule has 0 unspecified atom stereocenters. The zero-order chi connectivity index (χ0) is 19.2. The van der Waals surface area contributed by atoms with Crippen molar-refractivity contribution in [2.45, 2.75) is 0 Å². The van der Waals surface area contributed by atoms with Crippen molar-refractivity contribution in [1.29, 1.82) is 0 Å². The predicted molar refractivity (Wildman–Crippen MR) is 95.3 cm³/mol. The van der Waals surface area contributed by atoms with Gasteiger partial charge in [0, 0.05) is 24.3 Å². The summed E-state index contributed by atoms with van der Waals surface area (Å²) in [5, 5.41) is 37.1. The van der Waals surface area contributed by atoms with Gasteiger partial charge in [-0.2, -0.15) is 0 Å². The van der Waals surface area contributed by atoms with Gasteiger partial charge in [0.2, 0.25) is 0 Å². The molecule has 0 amide bonds. The number of nitro groups is 2. The molecule has 0 bridgehead atoms. The molecule has 0 aliphatic carbocycles. The Bertz CT molecular complexity index is 942. The summed E-state index contributed by atoms with van der Waals surface area (Å²) in [6.45, 7) is 0. The summed E-state index contributed by atoms with van der Waals surface area (Å²) in [6, 6.07) is 14.6. The average Bonchev–Trinajstić information content (AvgIpc) is 3.13. The monoisotopic (exact) mass is 365 g/mol. The molecule has 1 aromatic heterocycles. The summed E-state index contributed by atoms with van der Waals surface area (Å²) in [5.41, 5.74) is 0.874. The van der Waals surface area contributed by atoms with Crippen LogP contribution in [0.25, 0.3) is 0 Å². The van der Waals surface area contributed by atoms with Crippen LogP contribution in [0.4, 0.5) is 34.4 Å². The third-order valence-electron chi connectivity index (χ3n) is 3.32. The number of aromatic nitrogens is 1. The highest BCUT2D eigenvalue weighted by Gasteiger charge is 2.04. The van der Waals surface area contributed by atoms with Gasteiger partial charge in [-0.3, -0.25) is 20.2 Å². The molecule has 1 heterocycles. The van der Waals surface area contributed by atoms with Crippen LogP contribution in [0.5, 0.6) is 0 Å². The molecule has 0 saturated carbocycles. The van der Waals surface area contributed by atoms with Crippen molar-refractivity contribution in [3.8, 4) is 0 Å². The zero-order valence-corrected chi connectivity index (χ0v) is 13.6. The number of hydrogen-bond donors (Lipinski definition) is 1. The van der Waals surface area contributed by atoms with Crippen LogP contribution in [-0.2, 0) is 0 Å². The van der Waals surface area contributed by atoms with E-state index < -0.39 is 9.85 Å². The summed E-state index contributed by atoms with van der Waals surface area (Å²) in [5.74, 6) is 0.844. The van der Waals surface area contributed by atoms with Gasteiger partial charge >= 0.3 is 0 Å². The number of hydrogen-bond acceptors (Lipinski definition) is 8. The SMILES string of the molecule is O=[N+]([O-])c1ccc(N=Nc2ccc(N=Nc3ccc([N+](=O)[O-])cc3)[nH]2)cc1. The number of benzene rings is 2. The lowest BCUT2D eigenvalue weighted by molar-refractivity contribution is -0.385. The summed E-state index contributed by atoms with van der Waals surface area (Å²) in [4.78, 5) is 23.1. The Hall–Kier alpha value is -4.28. The summed E-state index contributed by atoms with van der Waals surface area (Å²) in [6.07, 6.45) is 0. The van der Waals surface area contributed by atoms with E-state index >= 15 is 0 Å². The Morgan fingerprint density at radius 2 is 0.963 bits per heavy atom. The Morgan fingerprint density at radius 3 is 1.30 bits per heavy atom. The molecule has 11 nitrogen and oxygen atoms in total. The van der Waals surface area contributed by atoms with Crippen molar-refractivity contribution < 1.29 is 9.85 Å². The summed E-state index contributed by atoms with van der Waals surface area (Å²) in [7, 11) is 0. The zero-order valence-electron chi connectivity index (χ0n) is 13.6. The first kappa shape index (κ1) is 17.5. The number of nitro benzene ring substituents is 2. The van der Waals surface area contributed by atoms with Crippen molar-refractivity contribution in [3.05, 3.63) is 80.9 Å². The van der Waals surface area contributed by atoms with Crippen LogP contribution in [0.1, 0.15) is 0 Å². The number of nitrogens with zero attached hydrogens (tertiary/aromatic N) is 6. The largest absolute Gasteiger partial charge is 0.322 e. The van der Waals surface area contributed by atoms with Gasteiger partial charge in [0.1, 0.15) is 0 Å². The second-order valence-electron chi connectivity index (χ2n) is 5.18. The Kier molecular flexibility index (Phi) is 5.03. The first-order chi connectivity index (χ1) is 13.0. The lowest BCUT2D eigenvalue weighted by atomic mass is 10.3. The van der Waals surface area contributed by atoms with Crippen molar-refractivity contribution in [1.82, 2.24) is 4.98 Å². The molecule has 0 fully saturated rings. The third kappa shape index (κ3) is 4.63. The molecule has 0 saturated heterocycles. The molecule has 3 rings (SSSR count). The van der Waals surface area contributed by atoms with E-state index in [1.807, 2.05) is 0 Å². The van der Waals surface area contributed by atoms with E-state index in [1.165, 1.54) is 48.5 Å². The van der Waals surface area contributed by atoms with E-state index in [-0.39, 0.29) is 11.4 Å². The summed E-state index contributed by atoms with van der Waals surface area (Å²) >= 11 is 0. The minimum atomic E-state index is -0.492. The molecule has 0 aliphatic heterocycles. The molecule has 11 heteroatoms. The van der Waals surface area contributed by atoms with Crippen LogP contribution in [0.15, 0.2) is 81.1 Å². The number of aromatic amines is 1. The molecule has 2 aromatic carbocycles. The highest BCUT2D eigenvalue weighted by atomic mass is 16.6. The van der Waals surface area contributed by atoms with Gasteiger partial charge in [0.05, 0.1) is 21.2 Å². The van der Waals surface area contributed by atoms with E-state index in [9.17, 15) is 20.2 Å². The number of H-pyrrole nitrogens is 1. The molecule has 0 spiro atoms. The smallest absolute Gasteiger partial charge is 0.269 e. The topological polar surface area (TPSA) is 152 Å². The van der Waals surface area contributed by atoms with Crippen LogP contribution in [0.3, 0.4) is 0 Å². The maximum absolute atomic E-state index is 10.6. The third-order valence-corrected chi connectivity index (χ3v) is 3.32. The average molecular weight is 365 g/mol. The number of azo groups is 2. The molecule has 0 aliphatic rings. The molecular formula is C16H11N7O4. The quantitative estimate of drug-likeness (QED) is 0.340. The van der Waals surface area contributed by atoms with E-state index in [4.69, 9.17) is 0 Å². The Morgan fingerprint density at radius 1 is 0.593 bits per heavy atom. The van der Waals surface area contributed by atoms with Crippen molar-refractivity contribution in [2.24, 2.45) is 20.5 Å². The minimum Gasteiger partial charge on any atom is -0.322 e. The van der Waals surface area contributed by atoms with Gasteiger partial charge in [-0.15, -0.1) is 20.5 Å². The first-order valence-electron chi connectivity index (χ1n) is 7.53. The minimum absolute atomic E-state index is 0.0252. The van der Waals surface area contributed by atoms with E-state index in [1.54, 1.807) is 12.1 Å². The number of rotatable bonds is 6. The summed E-state index contributed by atoms with van der Waals surface area (Å²) < 4.78 is 0. The molecule has 134 valence electrons. The lowest BCUT2D eigenvalue weighted by Gasteiger charge is -1.93. The standard InChI is InChI=1S/C16H11N7O4/c24-22(25)13-5-1-11(2-6-13)18-20-15-9-10-16(17-15)21-19-12-3-7-14(8-4-12)23(26)27/h1-10,17H. The fraction of sp³-hybridized carbons (Fsp3) is 0. The van der Waals surface area contributed by atoms with Gasteiger partial charge < -0.3 is 4.98 Å². The van der Waals surface area contributed by atoms with Crippen LogP contribution >= 0.6 is 0 Å². The van der Waals surface area contributed by atoms with Gasteiger partial charge in [-0.25, -0.2) is 0 Å². The van der Waals surface area contributed by atoms with Crippen LogP contribution in [0.2, 0.25) is 0 Å². The second-order valence-corrected chi connectivity index (χ2v) is 5.18. The maximum atomic E-state index is 10.6. The molecular weight excluding hydrogens is 354 g/mol. The molecule has 1 N–H and O–H groups in total. The Labute approximate surface area is 151 Å².